The number of nitrogens with zero attached hydrogens (tertiary/aromatic N) is 6. The maximum absolute atomic E-state index is 16.9. The van der Waals surface area contributed by atoms with Gasteiger partial charge in [-0.25, -0.2) is 13.2 Å². The van der Waals surface area contributed by atoms with Crippen LogP contribution in [-0.4, -0.2) is 87.7 Å². The van der Waals surface area contributed by atoms with Crippen molar-refractivity contribution < 1.29 is 22.7 Å². The molecule has 3 aliphatic rings. The highest BCUT2D eigenvalue weighted by atomic mass is 19.1. The number of amides is 1. The van der Waals surface area contributed by atoms with Crippen LogP contribution in [-0.2, 0) is 4.79 Å². The molecule has 246 valence electrons. The highest BCUT2D eigenvalue weighted by Crippen LogP contribution is 2.41. The van der Waals surface area contributed by atoms with Crippen molar-refractivity contribution in [1.29, 1.82) is 0 Å². The Labute approximate surface area is 276 Å². The number of hydrogen-bond acceptors (Lipinski definition) is 7. The van der Waals surface area contributed by atoms with E-state index < -0.39 is 23.3 Å². The molecule has 0 aliphatic carbocycles. The summed E-state index contributed by atoms with van der Waals surface area (Å²) in [6.45, 7) is 9.36. The van der Waals surface area contributed by atoms with Gasteiger partial charge < -0.3 is 14.5 Å². The quantitative estimate of drug-likeness (QED) is 0.135. The number of anilines is 1. The Bertz CT molecular complexity index is 2010. The van der Waals surface area contributed by atoms with Crippen LogP contribution in [0, 0.1) is 24.0 Å². The third kappa shape index (κ3) is 5.06. The minimum absolute atomic E-state index is 0.00922. The average Bonchev–Trinajstić information content (AvgIpc) is 3.78. The summed E-state index contributed by atoms with van der Waals surface area (Å²) in [5.74, 6) is 1.19. The summed E-state index contributed by atoms with van der Waals surface area (Å²) >= 11 is 0. The number of pyridine rings is 1. The molecule has 0 radical (unpaired) electrons. The second kappa shape index (κ2) is 12.3. The fourth-order valence-electron chi connectivity index (χ4n) is 7.92. The van der Waals surface area contributed by atoms with Gasteiger partial charge in [-0.05, 0) is 43.3 Å². The van der Waals surface area contributed by atoms with Gasteiger partial charge >= 0.3 is 6.01 Å². The van der Waals surface area contributed by atoms with Crippen LogP contribution in [0.1, 0.15) is 31.2 Å². The predicted octanol–water partition coefficient (Wildman–Crippen LogP) is 5.84. The highest BCUT2D eigenvalue weighted by molar-refractivity contribution is 6.02. The van der Waals surface area contributed by atoms with Gasteiger partial charge in [-0.15, -0.1) is 13.0 Å². The molecule has 0 saturated carbocycles. The van der Waals surface area contributed by atoms with Gasteiger partial charge in [0.2, 0.25) is 5.91 Å². The summed E-state index contributed by atoms with van der Waals surface area (Å²) in [4.78, 5) is 32.2. The molecule has 8 nitrogen and oxygen atoms in total. The molecule has 2 aromatic carbocycles. The monoisotopic (exact) mass is 652 g/mol. The number of terminal acetylenes is 1. The van der Waals surface area contributed by atoms with E-state index in [1.54, 1.807) is 35.2 Å². The first-order valence-electron chi connectivity index (χ1n) is 16.0. The smallest absolute Gasteiger partial charge is 0.319 e. The highest BCUT2D eigenvalue weighted by Gasteiger charge is 2.49. The number of fused-ring (bicyclic) bond motifs is 3. The Morgan fingerprint density at radius 3 is 2.83 bits per heavy atom. The minimum atomic E-state index is -0.947. The van der Waals surface area contributed by atoms with Crippen LogP contribution in [0.4, 0.5) is 19.0 Å². The molecule has 4 aromatic rings. The molecule has 48 heavy (non-hydrogen) atoms. The molecule has 1 amide bonds. The van der Waals surface area contributed by atoms with Gasteiger partial charge in [-0.1, -0.05) is 42.8 Å². The molecule has 0 bridgehead atoms. The van der Waals surface area contributed by atoms with Crippen molar-refractivity contribution >= 4 is 33.4 Å². The van der Waals surface area contributed by atoms with E-state index in [1.165, 1.54) is 18.3 Å². The van der Waals surface area contributed by atoms with E-state index in [1.807, 2.05) is 11.9 Å². The number of alkyl halides is 1. The van der Waals surface area contributed by atoms with Gasteiger partial charge in [0.05, 0.1) is 28.6 Å². The van der Waals surface area contributed by atoms with E-state index in [9.17, 15) is 13.6 Å². The van der Waals surface area contributed by atoms with Crippen molar-refractivity contribution in [1.82, 2.24) is 24.8 Å². The largest absolute Gasteiger partial charge is 0.461 e. The molecule has 0 spiro atoms. The third-order valence-corrected chi connectivity index (χ3v) is 10.2. The summed E-state index contributed by atoms with van der Waals surface area (Å²) < 4.78 is 52.5. The summed E-state index contributed by atoms with van der Waals surface area (Å²) in [6, 6.07) is 7.32. The Morgan fingerprint density at radius 2 is 2.06 bits per heavy atom. The lowest BCUT2D eigenvalue weighted by Gasteiger charge is -2.33. The number of benzene rings is 2. The molecule has 11 heteroatoms. The van der Waals surface area contributed by atoms with Crippen LogP contribution in [0.5, 0.6) is 6.01 Å². The fourth-order valence-corrected chi connectivity index (χ4v) is 7.92. The molecule has 5 heterocycles. The maximum atomic E-state index is 16.9. The molecular formula is C37H35F3N6O2. The van der Waals surface area contributed by atoms with Crippen LogP contribution in [0.25, 0.3) is 32.9 Å². The van der Waals surface area contributed by atoms with Gasteiger partial charge in [0, 0.05) is 43.7 Å². The summed E-state index contributed by atoms with van der Waals surface area (Å²) in [7, 11) is 1.81. The number of ether oxygens (including phenoxy) is 1. The Kier molecular flexibility index (Phi) is 8.08. The van der Waals surface area contributed by atoms with E-state index in [4.69, 9.17) is 16.1 Å². The van der Waals surface area contributed by atoms with Gasteiger partial charge in [0.15, 0.2) is 5.82 Å². The van der Waals surface area contributed by atoms with Gasteiger partial charge in [0.25, 0.3) is 0 Å². The SMILES string of the molecule is C#Cc1c(F)ccc2cccc(-c3ncc4c(N(C)[C@@H]5CCN(C(=O)C=C)[C@@H]5C=C)nc(OC[C@@]56CCCN5C[C@H](F)C6)nc4c3F)c12. The summed E-state index contributed by atoms with van der Waals surface area (Å²) in [6.07, 6.45) is 11.9. The number of aromatic nitrogens is 3. The normalized spacial score (nSPS) is 23.7. The lowest BCUT2D eigenvalue weighted by Crippen LogP contribution is -2.44. The Hall–Kier alpha value is -4.95. The minimum Gasteiger partial charge on any atom is -0.461 e. The number of likely N-dealkylation sites (N-methyl/N-ethyl adjacent to an activating group) is 1. The fraction of sp³-hybridized carbons (Fsp3) is 0.351. The number of hydrogen-bond donors (Lipinski definition) is 0. The molecule has 0 N–H and O–H groups in total. The molecule has 3 aliphatic heterocycles. The van der Waals surface area contributed by atoms with E-state index in [2.05, 4.69) is 33.9 Å². The second-order valence-electron chi connectivity index (χ2n) is 12.8. The van der Waals surface area contributed by atoms with Crippen LogP contribution >= 0.6 is 0 Å². The van der Waals surface area contributed by atoms with E-state index in [0.29, 0.717) is 53.5 Å². The number of rotatable bonds is 8. The zero-order chi connectivity index (χ0) is 33.7. The van der Waals surface area contributed by atoms with E-state index in [-0.39, 0.29) is 47.4 Å². The third-order valence-electron chi connectivity index (χ3n) is 10.2. The van der Waals surface area contributed by atoms with Crippen molar-refractivity contribution in [2.24, 2.45) is 0 Å². The molecule has 2 aromatic heterocycles. The average molecular weight is 653 g/mol. The number of halogens is 3. The maximum Gasteiger partial charge on any atom is 0.319 e. The van der Waals surface area contributed by atoms with Crippen LogP contribution < -0.4 is 9.64 Å². The van der Waals surface area contributed by atoms with Crippen molar-refractivity contribution in [2.75, 3.05) is 38.2 Å². The van der Waals surface area contributed by atoms with Crippen LogP contribution in [0.2, 0.25) is 0 Å². The molecule has 7 rings (SSSR count). The lowest BCUT2D eigenvalue weighted by atomic mass is 9.95. The molecular weight excluding hydrogens is 617 g/mol. The predicted molar refractivity (Wildman–Crippen MR) is 179 cm³/mol. The Balaban J connectivity index is 1.36. The van der Waals surface area contributed by atoms with Gasteiger partial charge in [-0.2, -0.15) is 9.97 Å². The van der Waals surface area contributed by atoms with E-state index in [0.717, 1.165) is 19.4 Å². The molecule has 3 fully saturated rings. The number of carbonyl (C=O) groups is 1. The molecule has 3 saturated heterocycles. The zero-order valence-corrected chi connectivity index (χ0v) is 26.6. The summed E-state index contributed by atoms with van der Waals surface area (Å²) in [5.41, 5.74) is -0.259. The van der Waals surface area contributed by atoms with E-state index >= 15 is 4.39 Å². The first-order valence-corrected chi connectivity index (χ1v) is 16.0. The Morgan fingerprint density at radius 1 is 1.23 bits per heavy atom. The van der Waals surface area contributed by atoms with Crippen molar-refractivity contribution in [3.8, 4) is 29.6 Å². The summed E-state index contributed by atoms with van der Waals surface area (Å²) in [5, 5.41) is 1.31. The molecule has 4 atom stereocenters. The van der Waals surface area contributed by atoms with Crippen molar-refractivity contribution in [3.05, 3.63) is 79.0 Å². The van der Waals surface area contributed by atoms with Crippen LogP contribution in [0.15, 0.2) is 61.8 Å². The van der Waals surface area contributed by atoms with Gasteiger partial charge in [-0.3, -0.25) is 14.7 Å². The molecule has 0 unspecified atom stereocenters. The standard InChI is InChI=1S/C37H35F3N6O2/c1-5-24-27(39)13-12-22-10-8-11-25(31(22)24)33-32(40)34-26(19-41-33)35(44(4)29-14-17-46(28(29)6-2)30(47)7-3)43-36(42-34)48-21-37-15-9-16-45(37)20-23(38)18-37/h1,6-8,10-13,19,23,28-29H,2-3,9,14-18,20-21H2,4H3/t23-,28-,29-,37+/m1/s1. The number of carbonyl (C=O) groups excluding carboxylic acids is 1. The van der Waals surface area contributed by atoms with Crippen molar-refractivity contribution in [3.63, 3.8) is 0 Å². The lowest BCUT2D eigenvalue weighted by molar-refractivity contribution is -0.126. The first kappa shape index (κ1) is 31.6. The van der Waals surface area contributed by atoms with Crippen molar-refractivity contribution in [2.45, 2.75) is 49.5 Å². The number of likely N-dealkylation sites (tertiary alicyclic amines) is 1. The van der Waals surface area contributed by atoms with Crippen LogP contribution in [0.3, 0.4) is 0 Å². The second-order valence-corrected chi connectivity index (χ2v) is 12.8. The zero-order valence-electron chi connectivity index (χ0n) is 26.6. The topological polar surface area (TPSA) is 74.7 Å². The first-order chi connectivity index (χ1) is 23.2. The van der Waals surface area contributed by atoms with Gasteiger partial charge in [0.1, 0.15) is 35.6 Å².